The Hall–Kier alpha value is -0.0600. The molecule has 68 valence electrons. The Kier molecular flexibility index (Phi) is 2.62. The number of thioether (sulfide) groups is 1. The van der Waals surface area contributed by atoms with Crippen molar-refractivity contribution in [1.82, 2.24) is 0 Å². The Morgan fingerprint density at radius 1 is 1.54 bits per heavy atom. The highest BCUT2D eigenvalue weighted by Gasteiger charge is 2.32. The molecule has 0 amide bonds. The number of alkyl halides is 1. The van der Waals surface area contributed by atoms with Gasteiger partial charge in [0, 0.05) is 4.88 Å². The number of carbonyl (C=O) groups excluding carboxylic acids is 1. The van der Waals surface area contributed by atoms with Gasteiger partial charge in [-0.25, -0.2) is 0 Å². The minimum absolute atomic E-state index is 0.0150. The van der Waals surface area contributed by atoms with E-state index >= 15 is 0 Å². The lowest BCUT2D eigenvalue weighted by molar-refractivity contribution is 0.112. The number of hydrogen-bond donors (Lipinski definition) is 0. The molecule has 0 radical (unpaired) electrons. The minimum atomic E-state index is -0.0150. The van der Waals surface area contributed by atoms with Crippen LogP contribution in [0.3, 0.4) is 0 Å². The molecule has 0 aliphatic carbocycles. The lowest BCUT2D eigenvalue weighted by Gasteiger charge is -2.17. The Balaban J connectivity index is 2.29. The van der Waals surface area contributed by atoms with E-state index in [2.05, 4.69) is 27.4 Å². The van der Waals surface area contributed by atoms with Crippen LogP contribution in [0.4, 0.5) is 0 Å². The molecule has 1 aromatic heterocycles. The van der Waals surface area contributed by atoms with Crippen LogP contribution in [0.25, 0.3) is 0 Å². The molecule has 0 fully saturated rings. The third-order valence-corrected chi connectivity index (χ3v) is 5.81. The number of carbonyl (C=O) groups is 1. The zero-order valence-electron chi connectivity index (χ0n) is 6.70. The van der Waals surface area contributed by atoms with Gasteiger partial charge in [-0.3, -0.25) is 4.79 Å². The molecule has 1 nitrogen and oxygen atoms in total. The van der Waals surface area contributed by atoms with Crippen molar-refractivity contribution in [2.75, 3.05) is 0 Å². The summed E-state index contributed by atoms with van der Waals surface area (Å²) in [6, 6.07) is 3.89. The Morgan fingerprint density at radius 3 is 2.92 bits per heavy atom. The first-order chi connectivity index (χ1) is 6.24. The van der Waals surface area contributed by atoms with Crippen LogP contribution in [0.5, 0.6) is 0 Å². The van der Waals surface area contributed by atoms with Crippen molar-refractivity contribution < 1.29 is 4.79 Å². The molecule has 0 bridgehead atoms. The Labute approximate surface area is 93.4 Å². The van der Waals surface area contributed by atoms with Gasteiger partial charge >= 0.3 is 0 Å². The van der Waals surface area contributed by atoms with E-state index in [4.69, 9.17) is 0 Å². The average Bonchev–Trinajstić information content (AvgIpc) is 2.72. The van der Waals surface area contributed by atoms with E-state index in [9.17, 15) is 4.79 Å². The number of allylic oxidation sites excluding steroid dienone is 1. The van der Waals surface area contributed by atoms with E-state index < -0.39 is 0 Å². The number of hydrogen-bond acceptors (Lipinski definition) is 3. The molecule has 13 heavy (non-hydrogen) atoms. The fraction of sp³-hybridized carbons (Fsp3) is 0.222. The van der Waals surface area contributed by atoms with Gasteiger partial charge in [0.15, 0.2) is 6.29 Å². The molecule has 1 aromatic rings. The van der Waals surface area contributed by atoms with Crippen LogP contribution in [0.2, 0.25) is 0 Å². The van der Waals surface area contributed by atoms with E-state index in [1.807, 2.05) is 12.1 Å². The predicted octanol–water partition coefficient (Wildman–Crippen LogP) is 3.76. The third kappa shape index (κ3) is 1.75. The predicted molar refractivity (Wildman–Crippen MR) is 61.7 cm³/mol. The van der Waals surface area contributed by atoms with Gasteiger partial charge in [-0.2, -0.15) is 0 Å². The molecule has 1 aliphatic heterocycles. The summed E-state index contributed by atoms with van der Waals surface area (Å²) in [6.07, 6.45) is 4.02. The molecule has 1 aliphatic rings. The van der Waals surface area contributed by atoms with Crippen LogP contribution < -0.4 is 0 Å². The summed E-state index contributed by atoms with van der Waals surface area (Å²) in [5, 5.41) is 2.09. The maximum absolute atomic E-state index is 10.5. The minimum Gasteiger partial charge on any atom is -0.297 e. The van der Waals surface area contributed by atoms with Crippen molar-refractivity contribution in [2.24, 2.45) is 0 Å². The summed E-state index contributed by atoms with van der Waals surface area (Å²) >= 11 is 7.00. The van der Waals surface area contributed by atoms with Crippen LogP contribution in [0, 0.1) is 0 Å². The van der Waals surface area contributed by atoms with Crippen molar-refractivity contribution in [1.29, 1.82) is 0 Å². The molecular formula is C9H7BrOS2. The van der Waals surface area contributed by atoms with Crippen molar-refractivity contribution in [3.63, 3.8) is 0 Å². The van der Waals surface area contributed by atoms with Crippen molar-refractivity contribution >= 4 is 45.3 Å². The van der Waals surface area contributed by atoms with Crippen LogP contribution in [-0.4, -0.2) is 6.29 Å². The monoisotopic (exact) mass is 274 g/mol. The Morgan fingerprint density at radius 2 is 2.38 bits per heavy atom. The number of aldehydes is 1. The summed E-state index contributed by atoms with van der Waals surface area (Å²) in [6.45, 7) is 0. The molecule has 1 atom stereocenters. The van der Waals surface area contributed by atoms with Crippen molar-refractivity contribution in [2.45, 2.75) is 10.1 Å². The molecule has 0 saturated carbocycles. The average molecular weight is 275 g/mol. The molecule has 4 heteroatoms. The zero-order chi connectivity index (χ0) is 9.31. The molecule has 2 heterocycles. The number of thiophene rings is 1. The van der Waals surface area contributed by atoms with E-state index in [0.29, 0.717) is 0 Å². The fourth-order valence-corrected chi connectivity index (χ4v) is 3.93. The summed E-state index contributed by atoms with van der Waals surface area (Å²) < 4.78 is -0.0150. The molecule has 0 aromatic carbocycles. The second kappa shape index (κ2) is 3.59. The van der Waals surface area contributed by atoms with E-state index in [0.717, 1.165) is 17.6 Å². The first-order valence-corrected chi connectivity index (χ1v) is 6.31. The van der Waals surface area contributed by atoms with Gasteiger partial charge in [-0.1, -0.05) is 22.0 Å². The molecule has 0 spiro atoms. The Bertz CT molecular complexity index is 348. The summed E-state index contributed by atoms with van der Waals surface area (Å²) in [5.74, 6) is 0. The third-order valence-electron chi connectivity index (χ3n) is 1.84. The second-order valence-corrected chi connectivity index (χ2v) is 6.94. The molecule has 1 unspecified atom stereocenters. The molecule has 0 saturated heterocycles. The maximum atomic E-state index is 10.5. The van der Waals surface area contributed by atoms with Crippen LogP contribution in [0.15, 0.2) is 23.6 Å². The summed E-state index contributed by atoms with van der Waals surface area (Å²) in [5.41, 5.74) is 0. The summed E-state index contributed by atoms with van der Waals surface area (Å²) in [7, 11) is 0. The van der Waals surface area contributed by atoms with Crippen molar-refractivity contribution in [3.05, 3.63) is 33.4 Å². The standard InChI is InChI=1S/C9H7BrOS2/c10-9(4-1-5-12-9)8-3-2-7(6-11)13-8/h1-3,5-6H,4H2. The van der Waals surface area contributed by atoms with E-state index in [1.54, 1.807) is 23.1 Å². The normalized spacial score (nSPS) is 26.5. The van der Waals surface area contributed by atoms with Gasteiger partial charge in [0.25, 0.3) is 0 Å². The van der Waals surface area contributed by atoms with Crippen LogP contribution >= 0.6 is 39.0 Å². The topological polar surface area (TPSA) is 17.1 Å². The zero-order valence-corrected chi connectivity index (χ0v) is 9.92. The van der Waals surface area contributed by atoms with E-state index in [1.165, 1.54) is 4.88 Å². The number of rotatable bonds is 2. The lowest BCUT2D eigenvalue weighted by atomic mass is 10.2. The van der Waals surface area contributed by atoms with Gasteiger partial charge in [0.1, 0.15) is 3.66 Å². The first-order valence-electron chi connectivity index (χ1n) is 3.82. The molecule has 2 rings (SSSR count). The quantitative estimate of drug-likeness (QED) is 0.604. The van der Waals surface area contributed by atoms with Gasteiger partial charge in [0.2, 0.25) is 0 Å². The van der Waals surface area contributed by atoms with Crippen molar-refractivity contribution in [3.8, 4) is 0 Å². The number of halogens is 1. The maximum Gasteiger partial charge on any atom is 0.160 e. The fourth-order valence-electron chi connectivity index (χ4n) is 1.18. The largest absolute Gasteiger partial charge is 0.297 e. The van der Waals surface area contributed by atoms with Gasteiger partial charge in [-0.15, -0.1) is 23.1 Å². The lowest BCUT2D eigenvalue weighted by Crippen LogP contribution is -2.05. The summed E-state index contributed by atoms with van der Waals surface area (Å²) in [4.78, 5) is 12.5. The van der Waals surface area contributed by atoms with Gasteiger partial charge < -0.3 is 0 Å². The van der Waals surface area contributed by atoms with E-state index in [-0.39, 0.29) is 3.66 Å². The smallest absolute Gasteiger partial charge is 0.160 e. The highest BCUT2D eigenvalue weighted by atomic mass is 79.9. The van der Waals surface area contributed by atoms with Crippen LogP contribution in [-0.2, 0) is 3.66 Å². The first kappa shape index (κ1) is 9.49. The SMILES string of the molecule is O=Cc1ccc(C2(Br)CC=CS2)s1. The molecular weight excluding hydrogens is 268 g/mol. The molecule has 0 N–H and O–H groups in total. The highest BCUT2D eigenvalue weighted by Crippen LogP contribution is 2.52. The van der Waals surface area contributed by atoms with Gasteiger partial charge in [-0.05, 0) is 24.0 Å². The highest BCUT2D eigenvalue weighted by molar-refractivity contribution is 9.11. The van der Waals surface area contributed by atoms with Crippen LogP contribution in [0.1, 0.15) is 21.0 Å². The van der Waals surface area contributed by atoms with Gasteiger partial charge in [0.05, 0.1) is 4.88 Å². The second-order valence-electron chi connectivity index (χ2n) is 2.74.